The van der Waals surface area contributed by atoms with Crippen LogP contribution in [0.25, 0.3) is 0 Å². The Hall–Kier alpha value is -0.930. The second-order valence-electron chi connectivity index (χ2n) is 2.28. The van der Waals surface area contributed by atoms with E-state index in [1.807, 2.05) is 0 Å². The number of hydrogen-bond acceptors (Lipinski definition) is 2. The minimum absolute atomic E-state index is 0.0718. The standard InChI is InChI=1S/C8H9FO2/c9-8(11,6-10)7-4-2-1-3-5-7/h1-5,10-11H,6H2. The first-order valence-electron chi connectivity index (χ1n) is 3.24. The van der Waals surface area contributed by atoms with Crippen molar-refractivity contribution in [2.24, 2.45) is 0 Å². The molecule has 1 aromatic carbocycles. The Balaban J connectivity index is 2.93. The van der Waals surface area contributed by atoms with Crippen LogP contribution in [0.2, 0.25) is 0 Å². The van der Waals surface area contributed by atoms with Gasteiger partial charge in [-0.25, -0.2) is 4.39 Å². The smallest absolute Gasteiger partial charge is 0.256 e. The van der Waals surface area contributed by atoms with E-state index in [-0.39, 0.29) is 5.56 Å². The van der Waals surface area contributed by atoms with E-state index < -0.39 is 12.5 Å². The van der Waals surface area contributed by atoms with Crippen LogP contribution in [0.1, 0.15) is 5.56 Å². The van der Waals surface area contributed by atoms with Gasteiger partial charge in [0.2, 0.25) is 0 Å². The molecule has 0 fully saturated rings. The zero-order valence-electron chi connectivity index (χ0n) is 5.87. The van der Waals surface area contributed by atoms with Crippen molar-refractivity contribution in [1.82, 2.24) is 0 Å². The maximum atomic E-state index is 12.9. The molecule has 0 aromatic heterocycles. The van der Waals surface area contributed by atoms with Crippen LogP contribution in [0.4, 0.5) is 4.39 Å². The number of benzene rings is 1. The number of aliphatic hydroxyl groups excluding tert-OH is 1. The van der Waals surface area contributed by atoms with Crippen LogP contribution in [0.3, 0.4) is 0 Å². The minimum Gasteiger partial charge on any atom is -0.390 e. The highest BCUT2D eigenvalue weighted by atomic mass is 19.2. The van der Waals surface area contributed by atoms with Gasteiger partial charge in [0.05, 0.1) is 0 Å². The molecule has 0 bridgehead atoms. The van der Waals surface area contributed by atoms with Gasteiger partial charge in [0, 0.05) is 5.56 Å². The Morgan fingerprint density at radius 2 is 1.82 bits per heavy atom. The lowest BCUT2D eigenvalue weighted by atomic mass is 10.1. The first-order chi connectivity index (χ1) is 5.17. The van der Waals surface area contributed by atoms with Gasteiger partial charge in [0.1, 0.15) is 6.61 Å². The highest BCUT2D eigenvalue weighted by Crippen LogP contribution is 2.20. The summed E-state index contributed by atoms with van der Waals surface area (Å²) in [4.78, 5) is 0. The van der Waals surface area contributed by atoms with Crippen molar-refractivity contribution < 1.29 is 14.6 Å². The summed E-state index contributed by atoms with van der Waals surface area (Å²) in [7, 11) is 0. The van der Waals surface area contributed by atoms with E-state index >= 15 is 0 Å². The van der Waals surface area contributed by atoms with Crippen LogP contribution in [-0.4, -0.2) is 16.8 Å². The largest absolute Gasteiger partial charge is 0.390 e. The molecule has 0 heterocycles. The molecular weight excluding hydrogens is 147 g/mol. The SMILES string of the molecule is OCC(O)(F)c1ccccc1. The molecule has 0 saturated carbocycles. The molecule has 0 aliphatic carbocycles. The predicted molar refractivity (Wildman–Crippen MR) is 38.5 cm³/mol. The van der Waals surface area contributed by atoms with E-state index in [4.69, 9.17) is 10.2 Å². The molecule has 1 rings (SSSR count). The van der Waals surface area contributed by atoms with Gasteiger partial charge >= 0.3 is 0 Å². The van der Waals surface area contributed by atoms with E-state index in [1.165, 1.54) is 12.1 Å². The van der Waals surface area contributed by atoms with Crippen molar-refractivity contribution in [3.05, 3.63) is 35.9 Å². The van der Waals surface area contributed by atoms with Gasteiger partial charge in [-0.05, 0) is 0 Å². The normalized spacial score (nSPS) is 15.9. The molecule has 0 radical (unpaired) electrons. The van der Waals surface area contributed by atoms with E-state index in [0.717, 1.165) is 0 Å². The molecule has 0 aliphatic heterocycles. The van der Waals surface area contributed by atoms with E-state index in [1.54, 1.807) is 18.2 Å². The van der Waals surface area contributed by atoms with Gasteiger partial charge in [-0.15, -0.1) is 0 Å². The van der Waals surface area contributed by atoms with Gasteiger partial charge < -0.3 is 10.2 Å². The third-order valence-corrected chi connectivity index (χ3v) is 1.43. The second kappa shape index (κ2) is 2.98. The van der Waals surface area contributed by atoms with E-state index in [0.29, 0.717) is 0 Å². The third-order valence-electron chi connectivity index (χ3n) is 1.43. The molecule has 60 valence electrons. The Morgan fingerprint density at radius 1 is 1.27 bits per heavy atom. The second-order valence-corrected chi connectivity index (χ2v) is 2.28. The van der Waals surface area contributed by atoms with Crippen LogP contribution in [-0.2, 0) is 5.85 Å². The Kier molecular flexibility index (Phi) is 2.22. The van der Waals surface area contributed by atoms with Gasteiger partial charge in [-0.3, -0.25) is 0 Å². The number of alkyl halides is 1. The molecule has 1 aromatic rings. The minimum atomic E-state index is -2.61. The number of halogens is 1. The molecule has 1 atom stereocenters. The van der Waals surface area contributed by atoms with Crippen LogP contribution in [0.5, 0.6) is 0 Å². The average molecular weight is 156 g/mol. The van der Waals surface area contributed by atoms with Crippen molar-refractivity contribution in [2.75, 3.05) is 6.61 Å². The lowest BCUT2D eigenvalue weighted by Crippen LogP contribution is -2.23. The Morgan fingerprint density at radius 3 is 2.27 bits per heavy atom. The molecule has 2 N–H and O–H groups in total. The molecule has 0 aliphatic rings. The molecule has 11 heavy (non-hydrogen) atoms. The molecule has 0 amide bonds. The summed E-state index contributed by atoms with van der Waals surface area (Å²) in [6.07, 6.45) is 0. The fourth-order valence-corrected chi connectivity index (χ4v) is 0.785. The average Bonchev–Trinajstić information content (AvgIpc) is 2.06. The lowest BCUT2D eigenvalue weighted by molar-refractivity contribution is -0.130. The molecule has 3 heteroatoms. The summed E-state index contributed by atoms with van der Waals surface area (Å²) in [5.74, 6) is -2.61. The van der Waals surface area contributed by atoms with Crippen LogP contribution >= 0.6 is 0 Å². The topological polar surface area (TPSA) is 40.5 Å². The number of rotatable bonds is 2. The zero-order chi connectivity index (χ0) is 8.32. The molecule has 0 saturated heterocycles. The molecule has 2 nitrogen and oxygen atoms in total. The summed E-state index contributed by atoms with van der Waals surface area (Å²) < 4.78 is 12.9. The quantitative estimate of drug-likeness (QED) is 0.664. The van der Waals surface area contributed by atoms with Crippen LogP contribution < -0.4 is 0 Å². The monoisotopic (exact) mass is 156 g/mol. The Labute approximate surface area is 63.9 Å². The van der Waals surface area contributed by atoms with Crippen molar-refractivity contribution in [1.29, 1.82) is 0 Å². The maximum Gasteiger partial charge on any atom is 0.256 e. The van der Waals surface area contributed by atoms with Crippen molar-refractivity contribution in [3.63, 3.8) is 0 Å². The van der Waals surface area contributed by atoms with Crippen molar-refractivity contribution in [3.8, 4) is 0 Å². The molecule has 0 spiro atoms. The summed E-state index contributed by atoms with van der Waals surface area (Å²) in [5.41, 5.74) is 0.0718. The number of hydrogen-bond donors (Lipinski definition) is 2. The lowest BCUT2D eigenvalue weighted by Gasteiger charge is -2.15. The fourth-order valence-electron chi connectivity index (χ4n) is 0.785. The predicted octanol–water partition coefficient (Wildman–Crippen LogP) is 0.793. The highest BCUT2D eigenvalue weighted by Gasteiger charge is 2.26. The van der Waals surface area contributed by atoms with Crippen molar-refractivity contribution >= 4 is 0 Å². The van der Waals surface area contributed by atoms with E-state index in [2.05, 4.69) is 0 Å². The summed E-state index contributed by atoms with van der Waals surface area (Å²) in [6, 6.07) is 7.72. The van der Waals surface area contributed by atoms with Gasteiger partial charge in [0.25, 0.3) is 5.85 Å². The summed E-state index contributed by atoms with van der Waals surface area (Å²) in [5, 5.41) is 17.3. The maximum absolute atomic E-state index is 12.9. The molecule has 1 unspecified atom stereocenters. The van der Waals surface area contributed by atoms with Crippen LogP contribution in [0, 0.1) is 0 Å². The van der Waals surface area contributed by atoms with Crippen LogP contribution in [0.15, 0.2) is 30.3 Å². The van der Waals surface area contributed by atoms with Gasteiger partial charge in [-0.1, -0.05) is 30.3 Å². The third kappa shape index (κ3) is 1.76. The van der Waals surface area contributed by atoms with Gasteiger partial charge in [0.15, 0.2) is 0 Å². The fraction of sp³-hybridized carbons (Fsp3) is 0.250. The van der Waals surface area contributed by atoms with E-state index in [9.17, 15) is 4.39 Å². The Bertz CT molecular complexity index is 221. The highest BCUT2D eigenvalue weighted by molar-refractivity contribution is 5.19. The zero-order valence-corrected chi connectivity index (χ0v) is 5.87. The first kappa shape index (κ1) is 8.17. The summed E-state index contributed by atoms with van der Waals surface area (Å²) >= 11 is 0. The van der Waals surface area contributed by atoms with Gasteiger partial charge in [-0.2, -0.15) is 0 Å². The molecular formula is C8H9FO2. The number of aliphatic hydroxyl groups is 2. The first-order valence-corrected chi connectivity index (χ1v) is 3.24. The van der Waals surface area contributed by atoms with Crippen molar-refractivity contribution in [2.45, 2.75) is 5.85 Å². The summed E-state index contributed by atoms with van der Waals surface area (Å²) in [6.45, 7) is -0.920.